The highest BCUT2D eigenvalue weighted by Crippen LogP contribution is 2.26. The molecule has 0 saturated carbocycles. The molecule has 0 spiro atoms. The Morgan fingerprint density at radius 3 is 2.55 bits per heavy atom. The molecule has 0 aromatic heterocycles. The molecule has 2 aromatic rings. The molecule has 2 N–H and O–H groups in total. The lowest BCUT2D eigenvalue weighted by molar-refractivity contribution is -0.116. The predicted molar refractivity (Wildman–Crippen MR) is 124 cm³/mol. The zero-order chi connectivity index (χ0) is 21.6. The van der Waals surface area contributed by atoms with Crippen LogP contribution in [0.3, 0.4) is 0 Å². The number of nitrogens with one attached hydrogen (secondary N) is 2. The molecule has 0 atom stereocenters. The van der Waals surface area contributed by atoms with Crippen LogP contribution < -0.4 is 20.3 Å². The van der Waals surface area contributed by atoms with Crippen molar-refractivity contribution in [3.8, 4) is 5.75 Å². The molecule has 0 bridgehead atoms. The molecule has 0 fully saturated rings. The number of benzene rings is 2. The largest absolute Gasteiger partial charge is 0.492 e. The molecule has 2 aromatic carbocycles. The van der Waals surface area contributed by atoms with Gasteiger partial charge < -0.3 is 15.0 Å². The summed E-state index contributed by atoms with van der Waals surface area (Å²) in [6.45, 7) is 6.22. The maximum absolute atomic E-state index is 12.5. The number of nitrogens with zero attached hydrogens (tertiary/aromatic N) is 1. The SMILES string of the molecule is CC(=O)N(C)c1cccc(NC(=S)NC(=O)c2ccc(OCC(C)C)c(Br)c2)c1. The maximum atomic E-state index is 12.5. The van der Waals surface area contributed by atoms with Crippen LogP contribution in [0.4, 0.5) is 11.4 Å². The highest BCUT2D eigenvalue weighted by atomic mass is 79.9. The summed E-state index contributed by atoms with van der Waals surface area (Å²) in [6, 6.07) is 12.3. The summed E-state index contributed by atoms with van der Waals surface area (Å²) < 4.78 is 6.39. The van der Waals surface area contributed by atoms with Gasteiger partial charge in [-0.05, 0) is 70.5 Å². The van der Waals surface area contributed by atoms with Gasteiger partial charge in [0.2, 0.25) is 5.91 Å². The van der Waals surface area contributed by atoms with Gasteiger partial charge in [0.15, 0.2) is 5.11 Å². The number of amides is 2. The van der Waals surface area contributed by atoms with E-state index in [9.17, 15) is 9.59 Å². The Morgan fingerprint density at radius 1 is 1.21 bits per heavy atom. The second-order valence-corrected chi connectivity index (χ2v) is 8.15. The molecule has 0 aliphatic heterocycles. The van der Waals surface area contributed by atoms with E-state index in [1.165, 1.54) is 11.8 Å². The lowest BCUT2D eigenvalue weighted by Gasteiger charge is -2.17. The number of rotatable bonds is 6. The summed E-state index contributed by atoms with van der Waals surface area (Å²) in [5.41, 5.74) is 1.83. The fourth-order valence-corrected chi connectivity index (χ4v) is 3.03. The molecule has 2 rings (SSSR count). The third-order valence-corrected chi connectivity index (χ3v) is 4.78. The van der Waals surface area contributed by atoms with E-state index in [4.69, 9.17) is 17.0 Å². The fourth-order valence-electron chi connectivity index (χ4n) is 2.33. The molecular formula is C21H24BrN3O3S. The lowest BCUT2D eigenvalue weighted by atomic mass is 10.2. The zero-order valence-electron chi connectivity index (χ0n) is 16.8. The Morgan fingerprint density at radius 2 is 1.93 bits per heavy atom. The molecule has 0 aliphatic rings. The van der Waals surface area contributed by atoms with E-state index in [1.54, 1.807) is 43.4 Å². The molecular weight excluding hydrogens is 454 g/mol. The lowest BCUT2D eigenvalue weighted by Crippen LogP contribution is -2.34. The van der Waals surface area contributed by atoms with Crippen molar-refractivity contribution in [2.24, 2.45) is 5.92 Å². The van der Waals surface area contributed by atoms with Crippen molar-refractivity contribution in [3.63, 3.8) is 0 Å². The Balaban J connectivity index is 2.00. The average Bonchev–Trinajstić information content (AvgIpc) is 2.66. The standard InChI is InChI=1S/C21H24BrN3O3S/c1-13(2)12-28-19-9-8-15(10-18(19)22)20(27)24-21(29)23-16-6-5-7-17(11-16)25(4)14(3)26/h5-11,13H,12H2,1-4H3,(H2,23,24,27,29). The van der Waals surface area contributed by atoms with Crippen LogP contribution in [0.2, 0.25) is 0 Å². The second-order valence-electron chi connectivity index (χ2n) is 6.89. The summed E-state index contributed by atoms with van der Waals surface area (Å²) in [5.74, 6) is 0.671. The summed E-state index contributed by atoms with van der Waals surface area (Å²) in [5, 5.41) is 5.77. The van der Waals surface area contributed by atoms with Gasteiger partial charge in [-0.15, -0.1) is 0 Å². The van der Waals surface area contributed by atoms with Crippen LogP contribution in [-0.4, -0.2) is 30.6 Å². The van der Waals surface area contributed by atoms with E-state index in [0.717, 1.165) is 5.69 Å². The summed E-state index contributed by atoms with van der Waals surface area (Å²) in [7, 11) is 1.69. The van der Waals surface area contributed by atoms with E-state index in [1.807, 2.05) is 6.07 Å². The minimum absolute atomic E-state index is 0.0792. The molecule has 2 amide bonds. The van der Waals surface area contributed by atoms with Crippen molar-refractivity contribution in [2.75, 3.05) is 23.9 Å². The number of thiocarbonyl (C=S) groups is 1. The van der Waals surface area contributed by atoms with Crippen LogP contribution >= 0.6 is 28.1 Å². The van der Waals surface area contributed by atoms with E-state index >= 15 is 0 Å². The number of anilines is 2. The van der Waals surface area contributed by atoms with Gasteiger partial charge in [-0.3, -0.25) is 14.9 Å². The number of halogens is 1. The van der Waals surface area contributed by atoms with E-state index in [0.29, 0.717) is 34.0 Å². The third-order valence-electron chi connectivity index (χ3n) is 3.96. The van der Waals surface area contributed by atoms with E-state index in [-0.39, 0.29) is 16.9 Å². The van der Waals surface area contributed by atoms with E-state index in [2.05, 4.69) is 40.4 Å². The van der Waals surface area contributed by atoms with Crippen molar-refractivity contribution < 1.29 is 14.3 Å². The molecule has 154 valence electrons. The van der Waals surface area contributed by atoms with Gasteiger partial charge in [0.1, 0.15) is 5.75 Å². The number of hydrogen-bond donors (Lipinski definition) is 2. The number of carbonyl (C=O) groups excluding carboxylic acids is 2. The molecule has 0 saturated heterocycles. The Kier molecular flexibility index (Phi) is 8.16. The Labute approximate surface area is 184 Å². The van der Waals surface area contributed by atoms with Gasteiger partial charge in [0.25, 0.3) is 5.91 Å². The van der Waals surface area contributed by atoms with Crippen LogP contribution in [0.25, 0.3) is 0 Å². The summed E-state index contributed by atoms with van der Waals surface area (Å²) in [4.78, 5) is 25.5. The van der Waals surface area contributed by atoms with Crippen LogP contribution in [0.5, 0.6) is 5.75 Å². The van der Waals surface area contributed by atoms with Crippen molar-refractivity contribution >= 4 is 56.4 Å². The average molecular weight is 478 g/mol. The molecule has 0 radical (unpaired) electrons. The Hall–Kier alpha value is -2.45. The van der Waals surface area contributed by atoms with Gasteiger partial charge in [-0.1, -0.05) is 19.9 Å². The van der Waals surface area contributed by atoms with Crippen LogP contribution in [0, 0.1) is 5.92 Å². The molecule has 0 heterocycles. The highest BCUT2D eigenvalue weighted by Gasteiger charge is 2.12. The summed E-state index contributed by atoms with van der Waals surface area (Å²) >= 11 is 8.67. The molecule has 6 nitrogen and oxygen atoms in total. The number of ether oxygens (including phenoxy) is 1. The van der Waals surface area contributed by atoms with Gasteiger partial charge in [-0.25, -0.2) is 0 Å². The van der Waals surface area contributed by atoms with Crippen LogP contribution in [0.15, 0.2) is 46.9 Å². The predicted octanol–water partition coefficient (Wildman–Crippen LogP) is 4.59. The van der Waals surface area contributed by atoms with Crippen LogP contribution in [-0.2, 0) is 4.79 Å². The van der Waals surface area contributed by atoms with Gasteiger partial charge >= 0.3 is 0 Å². The minimum Gasteiger partial charge on any atom is -0.492 e. The topological polar surface area (TPSA) is 70.7 Å². The number of hydrogen-bond acceptors (Lipinski definition) is 4. The van der Waals surface area contributed by atoms with E-state index < -0.39 is 0 Å². The van der Waals surface area contributed by atoms with Gasteiger partial charge in [0, 0.05) is 30.9 Å². The quantitative estimate of drug-likeness (QED) is 0.595. The van der Waals surface area contributed by atoms with Gasteiger partial charge in [0.05, 0.1) is 11.1 Å². The number of carbonyl (C=O) groups is 2. The first-order valence-corrected chi connectivity index (χ1v) is 10.3. The third kappa shape index (κ3) is 6.83. The van der Waals surface area contributed by atoms with Crippen molar-refractivity contribution in [1.82, 2.24) is 5.32 Å². The fraction of sp³-hybridized carbons (Fsp3) is 0.286. The van der Waals surface area contributed by atoms with Crippen LogP contribution in [0.1, 0.15) is 31.1 Å². The van der Waals surface area contributed by atoms with Crippen molar-refractivity contribution in [1.29, 1.82) is 0 Å². The summed E-state index contributed by atoms with van der Waals surface area (Å²) in [6.07, 6.45) is 0. The second kappa shape index (κ2) is 10.4. The first kappa shape index (κ1) is 22.8. The zero-order valence-corrected chi connectivity index (χ0v) is 19.2. The van der Waals surface area contributed by atoms with Crippen molar-refractivity contribution in [2.45, 2.75) is 20.8 Å². The normalized spacial score (nSPS) is 10.4. The first-order chi connectivity index (χ1) is 13.7. The Bertz CT molecular complexity index is 918. The highest BCUT2D eigenvalue weighted by molar-refractivity contribution is 9.10. The first-order valence-electron chi connectivity index (χ1n) is 9.06. The maximum Gasteiger partial charge on any atom is 0.257 e. The van der Waals surface area contributed by atoms with Crippen molar-refractivity contribution in [3.05, 3.63) is 52.5 Å². The molecule has 0 aliphatic carbocycles. The molecule has 29 heavy (non-hydrogen) atoms. The molecule has 0 unspecified atom stereocenters. The smallest absolute Gasteiger partial charge is 0.257 e. The minimum atomic E-state index is -0.337. The monoisotopic (exact) mass is 477 g/mol. The molecule has 8 heteroatoms. The van der Waals surface area contributed by atoms with Gasteiger partial charge in [-0.2, -0.15) is 0 Å².